The van der Waals surface area contributed by atoms with E-state index in [0.29, 0.717) is 26.3 Å². The van der Waals surface area contributed by atoms with Crippen molar-refractivity contribution >= 4 is 15.9 Å². The lowest BCUT2D eigenvalue weighted by atomic mass is 10.5. The highest BCUT2D eigenvalue weighted by atomic mass is 32.2. The number of carbonyl (C=O) groups is 1. The molecule has 0 radical (unpaired) electrons. The van der Waals surface area contributed by atoms with Gasteiger partial charge in [-0.2, -0.15) is 4.31 Å². The predicted molar refractivity (Wildman–Crippen MR) is 54.9 cm³/mol. The van der Waals surface area contributed by atoms with Crippen molar-refractivity contribution in [3.8, 4) is 0 Å². The molecule has 0 unspecified atom stereocenters. The lowest BCUT2D eigenvalue weighted by Crippen LogP contribution is -2.42. The summed E-state index contributed by atoms with van der Waals surface area (Å²) in [6.07, 6.45) is 0.0101. The highest BCUT2D eigenvalue weighted by Crippen LogP contribution is 2.06. The Labute approximate surface area is 89.6 Å². The summed E-state index contributed by atoms with van der Waals surface area (Å²) in [6.45, 7) is 1.63. The number of hydrogen-bond donors (Lipinski definition) is 1. The van der Waals surface area contributed by atoms with Crippen LogP contribution in [-0.4, -0.2) is 57.7 Å². The first-order chi connectivity index (χ1) is 7.06. The Bertz CT molecular complexity index is 309. The Hall–Kier alpha value is -0.660. The zero-order valence-electron chi connectivity index (χ0n) is 8.73. The lowest BCUT2D eigenvalue weighted by molar-refractivity contribution is -0.120. The van der Waals surface area contributed by atoms with Crippen molar-refractivity contribution in [1.29, 1.82) is 0 Å². The normalized spacial score (nSPS) is 18.7. The van der Waals surface area contributed by atoms with Crippen LogP contribution in [0.2, 0.25) is 0 Å². The molecule has 1 fully saturated rings. The minimum absolute atomic E-state index is 0.0101. The van der Waals surface area contributed by atoms with Gasteiger partial charge in [0.25, 0.3) is 0 Å². The average molecular weight is 236 g/mol. The number of morpholine rings is 1. The van der Waals surface area contributed by atoms with Gasteiger partial charge in [-0.3, -0.25) is 4.79 Å². The smallest absolute Gasteiger partial charge is 0.220 e. The van der Waals surface area contributed by atoms with Crippen molar-refractivity contribution < 1.29 is 17.9 Å². The Balaban J connectivity index is 2.46. The maximum absolute atomic E-state index is 11.7. The van der Waals surface area contributed by atoms with Crippen LogP contribution in [0.1, 0.15) is 6.42 Å². The monoisotopic (exact) mass is 236 g/mol. The van der Waals surface area contributed by atoms with Gasteiger partial charge in [0.15, 0.2) is 0 Å². The molecule has 0 aliphatic carbocycles. The fourth-order valence-electron chi connectivity index (χ4n) is 1.30. The molecular formula is C8H16N2O4S. The van der Waals surface area contributed by atoms with E-state index < -0.39 is 10.0 Å². The van der Waals surface area contributed by atoms with Crippen molar-refractivity contribution in [2.24, 2.45) is 0 Å². The molecule has 7 heteroatoms. The fraction of sp³-hybridized carbons (Fsp3) is 0.875. The summed E-state index contributed by atoms with van der Waals surface area (Å²) >= 11 is 0. The van der Waals surface area contributed by atoms with E-state index in [0.717, 1.165) is 0 Å². The van der Waals surface area contributed by atoms with E-state index in [4.69, 9.17) is 4.74 Å². The average Bonchev–Trinajstić information content (AvgIpc) is 2.27. The molecule has 1 saturated heterocycles. The fourth-order valence-corrected chi connectivity index (χ4v) is 2.71. The molecule has 88 valence electrons. The number of sulfonamides is 1. The molecule has 15 heavy (non-hydrogen) atoms. The summed E-state index contributed by atoms with van der Waals surface area (Å²) in [5.41, 5.74) is 0. The zero-order chi connectivity index (χ0) is 11.3. The Kier molecular flexibility index (Phi) is 4.49. The van der Waals surface area contributed by atoms with E-state index in [-0.39, 0.29) is 18.1 Å². The first-order valence-corrected chi connectivity index (χ1v) is 6.43. The molecule has 0 bridgehead atoms. The minimum Gasteiger partial charge on any atom is -0.379 e. The number of carbonyl (C=O) groups excluding carboxylic acids is 1. The summed E-state index contributed by atoms with van der Waals surface area (Å²) in [5.74, 6) is -0.390. The molecule has 1 amide bonds. The molecule has 0 spiro atoms. The first-order valence-electron chi connectivity index (χ1n) is 4.82. The maximum Gasteiger partial charge on any atom is 0.220 e. The van der Waals surface area contributed by atoms with Crippen molar-refractivity contribution in [2.75, 3.05) is 39.1 Å². The van der Waals surface area contributed by atoms with Gasteiger partial charge >= 0.3 is 0 Å². The molecule has 0 atom stereocenters. The molecule has 6 nitrogen and oxygen atoms in total. The summed E-state index contributed by atoms with van der Waals surface area (Å²) in [5, 5.41) is 2.39. The SMILES string of the molecule is CNC(=O)CCS(=O)(=O)N1CCOCC1. The topological polar surface area (TPSA) is 75.7 Å². The maximum atomic E-state index is 11.7. The van der Waals surface area contributed by atoms with Crippen LogP contribution in [0.15, 0.2) is 0 Å². The number of ether oxygens (including phenoxy) is 1. The van der Waals surface area contributed by atoms with Crippen molar-refractivity contribution in [2.45, 2.75) is 6.42 Å². The summed E-state index contributed by atoms with van der Waals surface area (Å²) in [4.78, 5) is 10.9. The van der Waals surface area contributed by atoms with Gasteiger partial charge in [-0.1, -0.05) is 0 Å². The number of nitrogens with zero attached hydrogens (tertiary/aromatic N) is 1. The number of nitrogens with one attached hydrogen (secondary N) is 1. The van der Waals surface area contributed by atoms with Crippen LogP contribution in [0.5, 0.6) is 0 Å². The molecule has 0 aromatic rings. The van der Waals surface area contributed by atoms with Gasteiger partial charge in [0.05, 0.1) is 19.0 Å². The van der Waals surface area contributed by atoms with E-state index in [2.05, 4.69) is 5.32 Å². The number of rotatable bonds is 4. The van der Waals surface area contributed by atoms with Crippen LogP contribution >= 0.6 is 0 Å². The molecule has 0 aromatic carbocycles. The third-order valence-electron chi connectivity index (χ3n) is 2.23. The lowest BCUT2D eigenvalue weighted by Gasteiger charge is -2.25. The van der Waals surface area contributed by atoms with Crippen LogP contribution in [0.3, 0.4) is 0 Å². The standard InChI is InChI=1S/C8H16N2O4S/c1-9-8(11)2-7-15(12,13)10-3-5-14-6-4-10/h2-7H2,1H3,(H,9,11). The van der Waals surface area contributed by atoms with E-state index in [1.807, 2.05) is 0 Å². The van der Waals surface area contributed by atoms with Crippen molar-refractivity contribution in [1.82, 2.24) is 9.62 Å². The molecule has 1 heterocycles. The zero-order valence-corrected chi connectivity index (χ0v) is 9.55. The molecular weight excluding hydrogens is 220 g/mol. The Morgan fingerprint density at radius 2 is 2.00 bits per heavy atom. The van der Waals surface area contributed by atoms with E-state index in [1.165, 1.54) is 11.4 Å². The summed E-state index contributed by atoms with van der Waals surface area (Å²) in [6, 6.07) is 0. The molecule has 1 aliphatic rings. The molecule has 0 saturated carbocycles. The number of amides is 1. The highest BCUT2D eigenvalue weighted by Gasteiger charge is 2.24. The predicted octanol–water partition coefficient (Wildman–Crippen LogP) is -1.22. The second-order valence-corrected chi connectivity index (χ2v) is 5.34. The van der Waals surface area contributed by atoms with Gasteiger partial charge in [-0.05, 0) is 0 Å². The first kappa shape index (κ1) is 12.4. The van der Waals surface area contributed by atoms with Crippen molar-refractivity contribution in [3.63, 3.8) is 0 Å². The van der Waals surface area contributed by atoms with Crippen molar-refractivity contribution in [3.05, 3.63) is 0 Å². The molecule has 0 aromatic heterocycles. The van der Waals surface area contributed by atoms with E-state index in [1.54, 1.807) is 0 Å². The van der Waals surface area contributed by atoms with Gasteiger partial charge < -0.3 is 10.1 Å². The Morgan fingerprint density at radius 1 is 1.40 bits per heavy atom. The van der Waals surface area contributed by atoms with E-state index in [9.17, 15) is 13.2 Å². The van der Waals surface area contributed by atoms with Crippen LogP contribution in [0.4, 0.5) is 0 Å². The third-order valence-corrected chi connectivity index (χ3v) is 4.10. The Morgan fingerprint density at radius 3 is 2.53 bits per heavy atom. The summed E-state index contributed by atoms with van der Waals surface area (Å²) in [7, 11) is -1.81. The van der Waals surface area contributed by atoms with Crippen LogP contribution < -0.4 is 5.32 Å². The van der Waals surface area contributed by atoms with Gasteiger partial charge in [0.2, 0.25) is 15.9 Å². The third kappa shape index (κ3) is 3.77. The summed E-state index contributed by atoms with van der Waals surface area (Å²) < 4.78 is 29.8. The highest BCUT2D eigenvalue weighted by molar-refractivity contribution is 7.89. The van der Waals surface area contributed by atoms with Gasteiger partial charge in [0, 0.05) is 26.6 Å². The minimum atomic E-state index is -3.30. The number of hydrogen-bond acceptors (Lipinski definition) is 4. The second kappa shape index (κ2) is 5.43. The van der Waals surface area contributed by atoms with Crippen LogP contribution in [0, 0.1) is 0 Å². The second-order valence-electron chi connectivity index (χ2n) is 3.25. The molecule has 1 aliphatic heterocycles. The van der Waals surface area contributed by atoms with Crippen LogP contribution in [0.25, 0.3) is 0 Å². The van der Waals surface area contributed by atoms with Gasteiger partial charge in [0.1, 0.15) is 0 Å². The van der Waals surface area contributed by atoms with Crippen LogP contribution in [-0.2, 0) is 19.6 Å². The largest absolute Gasteiger partial charge is 0.379 e. The molecule has 1 rings (SSSR count). The molecule has 1 N–H and O–H groups in total. The van der Waals surface area contributed by atoms with Gasteiger partial charge in [-0.15, -0.1) is 0 Å². The quantitative estimate of drug-likeness (QED) is 0.664. The van der Waals surface area contributed by atoms with Gasteiger partial charge in [-0.25, -0.2) is 8.42 Å². The van der Waals surface area contributed by atoms with E-state index >= 15 is 0 Å².